The van der Waals surface area contributed by atoms with Gasteiger partial charge in [0.1, 0.15) is 19.1 Å². The van der Waals surface area contributed by atoms with Crippen LogP contribution in [-0.4, -0.2) is 17.8 Å². The second kappa shape index (κ2) is 3.51. The molecule has 0 saturated carbocycles. The molecule has 2 aromatic rings. The smallest absolute Gasteiger partial charge is 0.258 e. The highest BCUT2D eigenvalue weighted by Gasteiger charge is 2.15. The normalized spacial score (nSPS) is 10.5. The van der Waals surface area contributed by atoms with E-state index < -0.39 is 4.92 Å². The van der Waals surface area contributed by atoms with Crippen LogP contribution in [0.5, 0.6) is 0 Å². The Hall–Kier alpha value is -1.62. The van der Waals surface area contributed by atoms with E-state index >= 15 is 0 Å². The van der Waals surface area contributed by atoms with Crippen LogP contribution in [-0.2, 0) is 0 Å². The van der Waals surface area contributed by atoms with Crippen molar-refractivity contribution < 1.29 is 4.92 Å². The molecule has 0 saturated heterocycles. The van der Waals surface area contributed by atoms with Crippen LogP contribution in [0.15, 0.2) is 24.4 Å². The Balaban J connectivity index is 2.82. The maximum atomic E-state index is 10.6. The first kappa shape index (κ1) is 9.92. The van der Waals surface area contributed by atoms with Crippen molar-refractivity contribution in [2.75, 3.05) is 0 Å². The van der Waals surface area contributed by atoms with Gasteiger partial charge in [0, 0.05) is 5.39 Å². The molecule has 1 aromatic carbocycles. The molecule has 4 nitrogen and oxygen atoms in total. The molecule has 0 atom stereocenters. The summed E-state index contributed by atoms with van der Waals surface area (Å²) in [5, 5.41) is 11.2. The summed E-state index contributed by atoms with van der Waals surface area (Å²) in [6.07, 6.45) is 1.14. The summed E-state index contributed by atoms with van der Waals surface area (Å²) in [5.41, 5.74) is 0.862. The molecule has 1 heterocycles. The van der Waals surface area contributed by atoms with Crippen LogP contribution < -0.4 is 5.46 Å². The number of rotatable bonds is 1. The van der Waals surface area contributed by atoms with E-state index in [-0.39, 0.29) is 10.7 Å². The van der Waals surface area contributed by atoms with Gasteiger partial charge in [0.25, 0.3) is 0 Å². The first-order valence-corrected chi connectivity index (χ1v) is 4.45. The Kier molecular flexibility index (Phi) is 2.32. The van der Waals surface area contributed by atoms with Gasteiger partial charge in [-0.3, -0.25) is 10.1 Å². The standard InChI is InChI=1S/C9H4BClN2O2/c10-5-1-2-7-6(3-5)9(11)8(4-12-7)13(14)15/h1-4H. The van der Waals surface area contributed by atoms with Crippen LogP contribution >= 0.6 is 11.6 Å². The average molecular weight is 218 g/mol. The zero-order valence-electron chi connectivity index (χ0n) is 7.48. The molecule has 0 unspecified atom stereocenters. The molecule has 0 aliphatic rings. The maximum absolute atomic E-state index is 10.6. The van der Waals surface area contributed by atoms with Gasteiger partial charge < -0.3 is 0 Å². The summed E-state index contributed by atoms with van der Waals surface area (Å²) >= 11 is 5.87. The fraction of sp³-hybridized carbons (Fsp3) is 0. The Morgan fingerprint density at radius 3 is 2.87 bits per heavy atom. The van der Waals surface area contributed by atoms with Crippen molar-refractivity contribution >= 4 is 41.5 Å². The topological polar surface area (TPSA) is 56.0 Å². The summed E-state index contributed by atoms with van der Waals surface area (Å²) in [4.78, 5) is 14.0. The fourth-order valence-corrected chi connectivity index (χ4v) is 1.56. The lowest BCUT2D eigenvalue weighted by molar-refractivity contribution is -0.384. The fourth-order valence-electron chi connectivity index (χ4n) is 1.29. The molecule has 2 radical (unpaired) electrons. The molecule has 2 rings (SSSR count). The Bertz CT molecular complexity index is 559. The van der Waals surface area contributed by atoms with Crippen LogP contribution in [0.4, 0.5) is 5.69 Å². The van der Waals surface area contributed by atoms with Crippen LogP contribution in [0.2, 0.25) is 5.02 Å². The number of fused-ring (bicyclic) bond motifs is 1. The number of aromatic nitrogens is 1. The third-order valence-electron chi connectivity index (χ3n) is 2.00. The SMILES string of the molecule is [B]c1ccc2ncc([N+](=O)[O-])c(Cl)c2c1. The molecule has 6 heteroatoms. The molecule has 0 aliphatic carbocycles. The van der Waals surface area contributed by atoms with Crippen LogP contribution in [0.25, 0.3) is 10.9 Å². The third kappa shape index (κ3) is 1.66. The van der Waals surface area contributed by atoms with Gasteiger partial charge in [0.05, 0.1) is 10.4 Å². The predicted molar refractivity (Wildman–Crippen MR) is 58.8 cm³/mol. The second-order valence-corrected chi connectivity index (χ2v) is 3.37. The van der Waals surface area contributed by atoms with Crippen LogP contribution in [0, 0.1) is 10.1 Å². The van der Waals surface area contributed by atoms with Crippen LogP contribution in [0.3, 0.4) is 0 Å². The number of hydrogen-bond acceptors (Lipinski definition) is 3. The summed E-state index contributed by atoms with van der Waals surface area (Å²) in [5.74, 6) is 0. The number of halogens is 1. The Labute approximate surface area is 91.4 Å². The largest absolute Gasteiger partial charge is 0.306 e. The van der Waals surface area contributed by atoms with Crippen molar-refractivity contribution in [3.8, 4) is 0 Å². The van der Waals surface area contributed by atoms with Crippen LogP contribution in [0.1, 0.15) is 0 Å². The second-order valence-electron chi connectivity index (χ2n) is 2.99. The number of nitro groups is 1. The zero-order valence-corrected chi connectivity index (χ0v) is 8.23. The molecule has 15 heavy (non-hydrogen) atoms. The highest BCUT2D eigenvalue weighted by molar-refractivity contribution is 6.39. The highest BCUT2D eigenvalue weighted by atomic mass is 35.5. The molecule has 0 fully saturated rings. The molecule has 0 spiro atoms. The molecular formula is C9H4BClN2O2. The van der Waals surface area contributed by atoms with Gasteiger partial charge in [0.15, 0.2) is 0 Å². The van der Waals surface area contributed by atoms with E-state index in [0.717, 1.165) is 6.20 Å². The predicted octanol–water partition coefficient (Wildman–Crippen LogP) is 1.59. The van der Waals surface area contributed by atoms with Crippen molar-refractivity contribution in [3.05, 3.63) is 39.5 Å². The van der Waals surface area contributed by atoms with Crippen molar-refractivity contribution in [2.45, 2.75) is 0 Å². The summed E-state index contributed by atoms with van der Waals surface area (Å²) in [6.45, 7) is 0. The van der Waals surface area contributed by atoms with Crippen molar-refractivity contribution in [1.82, 2.24) is 4.98 Å². The van der Waals surface area contributed by atoms with E-state index in [1.165, 1.54) is 0 Å². The summed E-state index contributed by atoms with van der Waals surface area (Å²) in [6, 6.07) is 4.90. The quantitative estimate of drug-likeness (QED) is 0.415. The zero-order chi connectivity index (χ0) is 11.0. The lowest BCUT2D eigenvalue weighted by Gasteiger charge is -2.01. The van der Waals surface area contributed by atoms with E-state index in [9.17, 15) is 10.1 Å². The molecular weight excluding hydrogens is 214 g/mol. The lowest BCUT2D eigenvalue weighted by atomic mass is 9.95. The van der Waals surface area contributed by atoms with Gasteiger partial charge in [-0.25, -0.2) is 4.98 Å². The molecule has 1 aromatic heterocycles. The van der Waals surface area contributed by atoms with E-state index in [4.69, 9.17) is 19.4 Å². The van der Waals surface area contributed by atoms with Gasteiger partial charge in [-0.2, -0.15) is 0 Å². The number of nitrogens with zero attached hydrogens (tertiary/aromatic N) is 2. The minimum Gasteiger partial charge on any atom is -0.258 e. The lowest BCUT2D eigenvalue weighted by Crippen LogP contribution is -2.01. The van der Waals surface area contributed by atoms with Gasteiger partial charge in [-0.15, -0.1) is 0 Å². The number of benzene rings is 1. The molecule has 72 valence electrons. The minimum atomic E-state index is -0.571. The maximum Gasteiger partial charge on any atom is 0.306 e. The average Bonchev–Trinajstić information content (AvgIpc) is 2.19. The molecule has 0 N–H and O–H groups in total. The molecule has 0 bridgehead atoms. The monoisotopic (exact) mass is 218 g/mol. The Morgan fingerprint density at radius 1 is 1.47 bits per heavy atom. The summed E-state index contributed by atoms with van der Waals surface area (Å²) in [7, 11) is 5.56. The van der Waals surface area contributed by atoms with Crippen molar-refractivity contribution in [2.24, 2.45) is 0 Å². The van der Waals surface area contributed by atoms with Gasteiger partial charge in [-0.05, 0) is 6.07 Å². The van der Waals surface area contributed by atoms with Crippen molar-refractivity contribution in [3.63, 3.8) is 0 Å². The van der Waals surface area contributed by atoms with Gasteiger partial charge in [-0.1, -0.05) is 29.2 Å². The van der Waals surface area contributed by atoms with E-state index in [1.54, 1.807) is 18.2 Å². The highest BCUT2D eigenvalue weighted by Crippen LogP contribution is 2.29. The summed E-state index contributed by atoms with van der Waals surface area (Å²) < 4.78 is 0. The third-order valence-corrected chi connectivity index (χ3v) is 2.40. The first-order valence-electron chi connectivity index (χ1n) is 4.07. The number of pyridine rings is 1. The van der Waals surface area contributed by atoms with E-state index in [0.29, 0.717) is 16.4 Å². The molecule has 0 amide bonds. The number of hydrogen-bond donors (Lipinski definition) is 0. The van der Waals surface area contributed by atoms with Crippen molar-refractivity contribution in [1.29, 1.82) is 0 Å². The Morgan fingerprint density at radius 2 is 2.20 bits per heavy atom. The first-order chi connectivity index (χ1) is 7.09. The van der Waals surface area contributed by atoms with Gasteiger partial charge in [0.2, 0.25) is 0 Å². The van der Waals surface area contributed by atoms with E-state index in [1.807, 2.05) is 0 Å². The van der Waals surface area contributed by atoms with E-state index in [2.05, 4.69) is 4.98 Å². The minimum absolute atomic E-state index is 0.0669. The molecule has 0 aliphatic heterocycles. The van der Waals surface area contributed by atoms with Gasteiger partial charge >= 0.3 is 5.69 Å².